The van der Waals surface area contributed by atoms with E-state index in [-0.39, 0.29) is 12.0 Å². The molecule has 0 aromatic heterocycles. The molecule has 3 rings (SSSR count). The maximum absolute atomic E-state index is 10.6. The van der Waals surface area contributed by atoms with Crippen LogP contribution < -0.4 is 9.47 Å². The molecule has 2 atom stereocenters. The molecule has 0 aliphatic carbocycles. The summed E-state index contributed by atoms with van der Waals surface area (Å²) < 4.78 is 11.7. The fraction of sp³-hybridized carbons (Fsp3) is 0.520. The maximum Gasteiger partial charge on any atom is 0.161 e. The summed E-state index contributed by atoms with van der Waals surface area (Å²) in [6.45, 7) is 8.28. The first-order valence-corrected chi connectivity index (χ1v) is 11.0. The smallest absolute Gasteiger partial charge is 0.161 e. The average Bonchev–Trinajstić information content (AvgIpc) is 2.73. The van der Waals surface area contributed by atoms with Gasteiger partial charge in [-0.2, -0.15) is 0 Å². The molecule has 0 radical (unpaired) electrons. The molecule has 2 aromatic rings. The Bertz CT molecular complexity index is 734. The standard InChI is InChI=1S/C25H35NO3/c1-3-5-15-29-24-12-11-21(17-25(24)28-4-2)16-22-19-26(14-13-23(22)27)18-20-9-7-6-8-10-20/h6-12,17,22-23,27H,3-5,13-16,18-19H2,1-2H3. The second kappa shape index (κ2) is 11.2. The molecule has 1 aliphatic heterocycles. The molecule has 1 N–H and O–H groups in total. The fourth-order valence-corrected chi connectivity index (χ4v) is 3.98. The van der Waals surface area contributed by atoms with Gasteiger partial charge in [-0.25, -0.2) is 0 Å². The molecule has 29 heavy (non-hydrogen) atoms. The molecule has 4 nitrogen and oxygen atoms in total. The zero-order valence-electron chi connectivity index (χ0n) is 17.8. The van der Waals surface area contributed by atoms with E-state index in [1.807, 2.05) is 13.0 Å². The van der Waals surface area contributed by atoms with Gasteiger partial charge < -0.3 is 14.6 Å². The van der Waals surface area contributed by atoms with Crippen LogP contribution in [-0.2, 0) is 13.0 Å². The minimum absolute atomic E-state index is 0.230. The molecule has 0 amide bonds. The van der Waals surface area contributed by atoms with Gasteiger partial charge in [-0.1, -0.05) is 49.7 Å². The first-order valence-electron chi connectivity index (χ1n) is 11.0. The highest BCUT2D eigenvalue weighted by atomic mass is 16.5. The zero-order chi connectivity index (χ0) is 20.5. The third-order valence-corrected chi connectivity index (χ3v) is 5.59. The van der Waals surface area contributed by atoms with Crippen molar-refractivity contribution >= 4 is 0 Å². The number of unbranched alkanes of at least 4 members (excludes halogenated alkanes) is 1. The van der Waals surface area contributed by atoms with Crippen LogP contribution in [0.4, 0.5) is 0 Å². The predicted octanol–water partition coefficient (Wildman–Crippen LogP) is 4.69. The quantitative estimate of drug-likeness (QED) is 0.591. The van der Waals surface area contributed by atoms with E-state index in [0.717, 1.165) is 56.8 Å². The van der Waals surface area contributed by atoms with Gasteiger partial charge in [0.15, 0.2) is 11.5 Å². The van der Waals surface area contributed by atoms with Crippen molar-refractivity contribution in [2.45, 2.75) is 52.2 Å². The van der Waals surface area contributed by atoms with Gasteiger partial charge in [0.1, 0.15) is 0 Å². The topological polar surface area (TPSA) is 41.9 Å². The number of piperidine rings is 1. The molecule has 0 spiro atoms. The predicted molar refractivity (Wildman–Crippen MR) is 118 cm³/mol. The van der Waals surface area contributed by atoms with E-state index in [4.69, 9.17) is 9.47 Å². The molecule has 158 valence electrons. The van der Waals surface area contributed by atoms with E-state index in [9.17, 15) is 5.11 Å². The molecule has 1 fully saturated rings. The number of aliphatic hydroxyl groups excluding tert-OH is 1. The maximum atomic E-state index is 10.6. The molecule has 4 heteroatoms. The van der Waals surface area contributed by atoms with Gasteiger partial charge in [-0.3, -0.25) is 4.90 Å². The number of hydrogen-bond donors (Lipinski definition) is 1. The summed E-state index contributed by atoms with van der Waals surface area (Å²) in [5, 5.41) is 10.6. The van der Waals surface area contributed by atoms with Crippen molar-refractivity contribution in [3.05, 3.63) is 59.7 Å². The van der Waals surface area contributed by atoms with Crippen LogP contribution in [0.15, 0.2) is 48.5 Å². The van der Waals surface area contributed by atoms with Crippen LogP contribution in [0.5, 0.6) is 11.5 Å². The summed E-state index contributed by atoms with van der Waals surface area (Å²) in [6.07, 6.45) is 3.58. The Hall–Kier alpha value is -2.04. The van der Waals surface area contributed by atoms with E-state index in [0.29, 0.717) is 13.2 Å². The van der Waals surface area contributed by atoms with Crippen molar-refractivity contribution in [3.63, 3.8) is 0 Å². The molecular weight excluding hydrogens is 362 g/mol. The molecule has 1 heterocycles. The number of likely N-dealkylation sites (tertiary alicyclic amines) is 1. The summed E-state index contributed by atoms with van der Waals surface area (Å²) in [5.41, 5.74) is 2.52. The van der Waals surface area contributed by atoms with E-state index in [1.165, 1.54) is 11.1 Å². The van der Waals surface area contributed by atoms with Crippen molar-refractivity contribution in [1.82, 2.24) is 4.90 Å². The summed E-state index contributed by atoms with van der Waals surface area (Å²) >= 11 is 0. The Morgan fingerprint density at radius 1 is 1.00 bits per heavy atom. The Balaban J connectivity index is 1.64. The van der Waals surface area contributed by atoms with Crippen LogP contribution in [0.1, 0.15) is 44.2 Å². The number of aliphatic hydroxyl groups is 1. The lowest BCUT2D eigenvalue weighted by Crippen LogP contribution is -2.43. The van der Waals surface area contributed by atoms with Gasteiger partial charge >= 0.3 is 0 Å². The number of ether oxygens (including phenoxy) is 2. The summed E-state index contributed by atoms with van der Waals surface area (Å²) in [4.78, 5) is 2.46. The first-order chi connectivity index (χ1) is 14.2. The molecule has 2 aromatic carbocycles. The minimum atomic E-state index is -0.252. The SMILES string of the molecule is CCCCOc1ccc(CC2CN(Cc3ccccc3)CCC2O)cc1OCC. The van der Waals surface area contributed by atoms with Crippen molar-refractivity contribution < 1.29 is 14.6 Å². The molecule has 0 bridgehead atoms. The second-order valence-corrected chi connectivity index (χ2v) is 7.96. The molecular formula is C25H35NO3. The van der Waals surface area contributed by atoms with Crippen molar-refractivity contribution in [2.24, 2.45) is 5.92 Å². The molecule has 0 saturated carbocycles. The first kappa shape index (κ1) is 21.7. The molecule has 1 saturated heterocycles. The third kappa shape index (κ3) is 6.48. The highest BCUT2D eigenvalue weighted by Crippen LogP contribution is 2.31. The van der Waals surface area contributed by atoms with Gasteiger partial charge in [0.2, 0.25) is 0 Å². The summed E-state index contributed by atoms with van der Waals surface area (Å²) in [5.74, 6) is 1.86. The van der Waals surface area contributed by atoms with Gasteiger partial charge in [-0.05, 0) is 49.4 Å². The van der Waals surface area contributed by atoms with Crippen LogP contribution in [0.3, 0.4) is 0 Å². The largest absolute Gasteiger partial charge is 0.490 e. The van der Waals surface area contributed by atoms with Gasteiger partial charge in [0.05, 0.1) is 19.3 Å². The van der Waals surface area contributed by atoms with E-state index in [2.05, 4.69) is 54.3 Å². The van der Waals surface area contributed by atoms with Crippen LogP contribution in [-0.4, -0.2) is 42.4 Å². The highest BCUT2D eigenvalue weighted by Gasteiger charge is 2.28. The number of rotatable bonds is 10. The molecule has 1 aliphatic rings. The number of nitrogens with zero attached hydrogens (tertiary/aromatic N) is 1. The molecule has 2 unspecified atom stereocenters. The minimum Gasteiger partial charge on any atom is -0.490 e. The lowest BCUT2D eigenvalue weighted by molar-refractivity contribution is 0.0239. The normalized spacial score (nSPS) is 19.8. The summed E-state index contributed by atoms with van der Waals surface area (Å²) in [6, 6.07) is 16.8. The van der Waals surface area contributed by atoms with E-state index < -0.39 is 0 Å². The van der Waals surface area contributed by atoms with Crippen LogP contribution >= 0.6 is 0 Å². The zero-order valence-corrected chi connectivity index (χ0v) is 17.8. The summed E-state index contributed by atoms with van der Waals surface area (Å²) in [7, 11) is 0. The van der Waals surface area contributed by atoms with E-state index in [1.54, 1.807) is 0 Å². The van der Waals surface area contributed by atoms with Crippen molar-refractivity contribution in [3.8, 4) is 11.5 Å². The second-order valence-electron chi connectivity index (χ2n) is 7.96. The Kier molecular flexibility index (Phi) is 8.38. The van der Waals surface area contributed by atoms with Gasteiger partial charge in [0, 0.05) is 25.6 Å². The number of benzene rings is 2. The third-order valence-electron chi connectivity index (χ3n) is 5.59. The lowest BCUT2D eigenvalue weighted by Gasteiger charge is -2.36. The van der Waals surface area contributed by atoms with Crippen molar-refractivity contribution in [1.29, 1.82) is 0 Å². The van der Waals surface area contributed by atoms with Gasteiger partial charge in [-0.15, -0.1) is 0 Å². The monoisotopic (exact) mass is 397 g/mol. The van der Waals surface area contributed by atoms with Crippen molar-refractivity contribution in [2.75, 3.05) is 26.3 Å². The Morgan fingerprint density at radius 2 is 1.83 bits per heavy atom. The van der Waals surface area contributed by atoms with Gasteiger partial charge in [0.25, 0.3) is 0 Å². The average molecular weight is 398 g/mol. The van der Waals surface area contributed by atoms with Crippen LogP contribution in [0, 0.1) is 5.92 Å². The van der Waals surface area contributed by atoms with Crippen LogP contribution in [0.25, 0.3) is 0 Å². The Morgan fingerprint density at radius 3 is 2.59 bits per heavy atom. The van der Waals surface area contributed by atoms with Crippen LogP contribution in [0.2, 0.25) is 0 Å². The van der Waals surface area contributed by atoms with E-state index >= 15 is 0 Å². The Labute approximate surface area is 175 Å². The fourth-order valence-electron chi connectivity index (χ4n) is 3.98. The highest BCUT2D eigenvalue weighted by molar-refractivity contribution is 5.43. The number of hydrogen-bond acceptors (Lipinski definition) is 4. The lowest BCUT2D eigenvalue weighted by atomic mass is 9.88.